The summed E-state index contributed by atoms with van der Waals surface area (Å²) in [6.07, 6.45) is 3.50. The van der Waals surface area contributed by atoms with Gasteiger partial charge in [-0.25, -0.2) is 5.48 Å². The number of hydrogen-bond donors (Lipinski definition) is 2. The molecule has 100 valence electrons. The van der Waals surface area contributed by atoms with Crippen LogP contribution < -0.4 is 5.48 Å². The third-order valence-corrected chi connectivity index (χ3v) is 3.43. The summed E-state index contributed by atoms with van der Waals surface area (Å²) < 4.78 is 1.02. The minimum Gasteiger partial charge on any atom is -0.289 e. The number of benzene rings is 1. The molecule has 18 heavy (non-hydrogen) atoms. The predicted octanol–water partition coefficient (Wildman–Crippen LogP) is 3.61. The second-order valence-electron chi connectivity index (χ2n) is 4.66. The predicted molar refractivity (Wildman–Crippen MR) is 75.5 cm³/mol. The molecule has 0 aliphatic heterocycles. The van der Waals surface area contributed by atoms with Crippen LogP contribution in [0.4, 0.5) is 0 Å². The van der Waals surface area contributed by atoms with Crippen LogP contribution in [-0.4, -0.2) is 11.1 Å². The fourth-order valence-electron chi connectivity index (χ4n) is 2.08. The van der Waals surface area contributed by atoms with Gasteiger partial charge in [0.05, 0.1) is 0 Å². The largest absolute Gasteiger partial charge is 0.289 e. The van der Waals surface area contributed by atoms with Crippen LogP contribution in [-0.2, 0) is 11.2 Å². The molecule has 0 bridgehead atoms. The van der Waals surface area contributed by atoms with Crippen molar-refractivity contribution in [3.8, 4) is 0 Å². The Bertz CT molecular complexity index is 387. The third kappa shape index (κ3) is 4.78. The zero-order chi connectivity index (χ0) is 13.5. The quantitative estimate of drug-likeness (QED) is 0.622. The van der Waals surface area contributed by atoms with Crippen LogP contribution in [0.1, 0.15) is 37.3 Å². The molecule has 2 N–H and O–H groups in total. The maximum absolute atomic E-state index is 11.6. The van der Waals surface area contributed by atoms with E-state index in [1.807, 2.05) is 19.1 Å². The van der Waals surface area contributed by atoms with Gasteiger partial charge < -0.3 is 0 Å². The van der Waals surface area contributed by atoms with Crippen LogP contribution in [0.25, 0.3) is 0 Å². The lowest BCUT2D eigenvalue weighted by Crippen LogP contribution is -2.29. The van der Waals surface area contributed by atoms with E-state index in [-0.39, 0.29) is 11.8 Å². The van der Waals surface area contributed by atoms with E-state index in [1.165, 1.54) is 0 Å². The van der Waals surface area contributed by atoms with E-state index in [9.17, 15) is 4.79 Å². The Kier molecular flexibility index (Phi) is 6.36. The van der Waals surface area contributed by atoms with E-state index in [0.29, 0.717) is 6.42 Å². The Morgan fingerprint density at radius 1 is 1.44 bits per heavy atom. The van der Waals surface area contributed by atoms with Crippen molar-refractivity contribution in [2.24, 2.45) is 5.92 Å². The van der Waals surface area contributed by atoms with Gasteiger partial charge in [-0.2, -0.15) is 0 Å². The molecule has 1 aromatic rings. The Morgan fingerprint density at radius 2 is 2.17 bits per heavy atom. The maximum Gasteiger partial charge on any atom is 0.246 e. The monoisotopic (exact) mass is 313 g/mol. The first kappa shape index (κ1) is 15.2. The van der Waals surface area contributed by atoms with E-state index < -0.39 is 0 Å². The lowest BCUT2D eigenvalue weighted by atomic mass is 9.93. The highest BCUT2D eigenvalue weighted by atomic mass is 79.9. The van der Waals surface area contributed by atoms with E-state index in [0.717, 1.165) is 34.9 Å². The Morgan fingerprint density at radius 3 is 2.72 bits per heavy atom. The molecule has 0 fully saturated rings. The molecule has 0 heterocycles. The smallest absolute Gasteiger partial charge is 0.246 e. The van der Waals surface area contributed by atoms with E-state index in [2.05, 4.69) is 28.9 Å². The number of hydrogen-bond acceptors (Lipinski definition) is 2. The van der Waals surface area contributed by atoms with E-state index in [1.54, 1.807) is 5.48 Å². The molecule has 0 aromatic heterocycles. The number of aryl methyl sites for hydroxylation is 1. The van der Waals surface area contributed by atoms with Crippen molar-refractivity contribution in [1.29, 1.82) is 0 Å². The van der Waals surface area contributed by atoms with Gasteiger partial charge in [0.15, 0.2) is 0 Å². The lowest BCUT2D eigenvalue weighted by Gasteiger charge is -2.15. The number of rotatable bonds is 6. The van der Waals surface area contributed by atoms with E-state index >= 15 is 0 Å². The fraction of sp³-hybridized carbons (Fsp3) is 0.500. The van der Waals surface area contributed by atoms with Crippen LogP contribution in [0.2, 0.25) is 0 Å². The van der Waals surface area contributed by atoms with Crippen molar-refractivity contribution in [2.45, 2.75) is 39.5 Å². The minimum atomic E-state index is -0.291. The van der Waals surface area contributed by atoms with Crippen LogP contribution >= 0.6 is 15.9 Å². The molecule has 1 unspecified atom stereocenters. The van der Waals surface area contributed by atoms with Crippen molar-refractivity contribution < 1.29 is 10.0 Å². The van der Waals surface area contributed by atoms with Gasteiger partial charge in [-0.3, -0.25) is 10.0 Å². The first-order valence-electron chi connectivity index (χ1n) is 6.26. The van der Waals surface area contributed by atoms with Gasteiger partial charge in [0.25, 0.3) is 0 Å². The van der Waals surface area contributed by atoms with Crippen LogP contribution in [0.3, 0.4) is 0 Å². The minimum absolute atomic E-state index is 0.163. The Balaban J connectivity index is 2.78. The van der Waals surface area contributed by atoms with E-state index in [4.69, 9.17) is 5.21 Å². The van der Waals surface area contributed by atoms with Gasteiger partial charge in [0, 0.05) is 10.4 Å². The zero-order valence-corrected chi connectivity index (χ0v) is 12.5. The van der Waals surface area contributed by atoms with Gasteiger partial charge in [-0.05, 0) is 43.0 Å². The normalized spacial score (nSPS) is 12.2. The number of amides is 1. The fourth-order valence-corrected chi connectivity index (χ4v) is 2.74. The maximum atomic E-state index is 11.6. The second-order valence-corrected chi connectivity index (χ2v) is 5.57. The summed E-state index contributed by atoms with van der Waals surface area (Å²) in [5, 5.41) is 8.78. The van der Waals surface area contributed by atoms with Crippen molar-refractivity contribution >= 4 is 21.8 Å². The van der Waals surface area contributed by atoms with Crippen LogP contribution in [0, 0.1) is 12.8 Å². The second kappa shape index (κ2) is 7.54. The van der Waals surface area contributed by atoms with Gasteiger partial charge >= 0.3 is 0 Å². The first-order valence-corrected chi connectivity index (χ1v) is 7.06. The topological polar surface area (TPSA) is 49.3 Å². The summed E-state index contributed by atoms with van der Waals surface area (Å²) in [6, 6.07) is 6.14. The Hall–Kier alpha value is -0.870. The molecule has 0 aliphatic carbocycles. The number of hydroxylamine groups is 1. The average molecular weight is 314 g/mol. The lowest BCUT2D eigenvalue weighted by molar-refractivity contribution is -0.133. The summed E-state index contributed by atoms with van der Waals surface area (Å²) in [6.45, 7) is 4.12. The summed E-state index contributed by atoms with van der Waals surface area (Å²) in [5.74, 6) is -0.454. The molecule has 0 saturated carbocycles. The van der Waals surface area contributed by atoms with Crippen LogP contribution in [0.15, 0.2) is 22.7 Å². The Labute approximate surface area is 117 Å². The van der Waals surface area contributed by atoms with Crippen LogP contribution in [0.5, 0.6) is 0 Å². The standard InChI is InChI=1S/C14H20BrNO2/c1-3-4-5-12(14(17)16-18)8-11-6-10(2)7-13(15)9-11/h6-7,9,12,18H,3-5,8H2,1-2H3,(H,16,17). The van der Waals surface area contributed by atoms with Crippen molar-refractivity contribution in [3.05, 3.63) is 33.8 Å². The van der Waals surface area contributed by atoms with Crippen molar-refractivity contribution in [1.82, 2.24) is 5.48 Å². The van der Waals surface area contributed by atoms with Gasteiger partial charge in [0.1, 0.15) is 0 Å². The molecular weight excluding hydrogens is 294 g/mol. The molecule has 1 atom stereocenters. The SMILES string of the molecule is CCCCC(Cc1cc(C)cc(Br)c1)C(=O)NO. The number of carbonyl (C=O) groups excluding carboxylic acids is 1. The highest BCUT2D eigenvalue weighted by molar-refractivity contribution is 9.10. The summed E-state index contributed by atoms with van der Waals surface area (Å²) in [7, 11) is 0. The third-order valence-electron chi connectivity index (χ3n) is 2.97. The van der Waals surface area contributed by atoms with Gasteiger partial charge in [-0.15, -0.1) is 0 Å². The highest BCUT2D eigenvalue weighted by Crippen LogP contribution is 2.20. The average Bonchev–Trinajstić information content (AvgIpc) is 2.32. The molecule has 0 aliphatic rings. The number of unbranched alkanes of at least 4 members (excludes halogenated alkanes) is 1. The molecule has 4 heteroatoms. The number of carbonyl (C=O) groups is 1. The zero-order valence-electron chi connectivity index (χ0n) is 10.9. The molecule has 0 radical (unpaired) electrons. The number of halogens is 1. The summed E-state index contributed by atoms with van der Waals surface area (Å²) in [5.41, 5.74) is 4.05. The molecule has 1 aromatic carbocycles. The summed E-state index contributed by atoms with van der Waals surface area (Å²) in [4.78, 5) is 11.6. The molecule has 1 rings (SSSR count). The van der Waals surface area contributed by atoms with Crippen molar-refractivity contribution in [2.75, 3.05) is 0 Å². The molecule has 0 saturated heterocycles. The number of nitrogens with one attached hydrogen (secondary N) is 1. The molecule has 0 spiro atoms. The summed E-state index contributed by atoms with van der Waals surface area (Å²) >= 11 is 3.46. The van der Waals surface area contributed by atoms with Gasteiger partial charge in [-0.1, -0.05) is 41.8 Å². The van der Waals surface area contributed by atoms with Crippen molar-refractivity contribution in [3.63, 3.8) is 0 Å². The molecular formula is C14H20BrNO2. The van der Waals surface area contributed by atoms with Gasteiger partial charge in [0.2, 0.25) is 5.91 Å². The molecule has 3 nitrogen and oxygen atoms in total. The molecule has 1 amide bonds. The first-order chi connectivity index (χ1) is 8.56. The highest BCUT2D eigenvalue weighted by Gasteiger charge is 2.18.